The normalized spacial score (nSPS) is 12.9. The van der Waals surface area contributed by atoms with Gasteiger partial charge in [0.15, 0.2) is 5.69 Å². The molecule has 0 aromatic carbocycles. The van der Waals surface area contributed by atoms with Gasteiger partial charge >= 0.3 is 6.18 Å². The Morgan fingerprint density at radius 3 is 2.12 bits per heavy atom. The topological polar surface area (TPSA) is 59.9 Å². The van der Waals surface area contributed by atoms with Crippen molar-refractivity contribution in [3.05, 3.63) is 16.4 Å². The number of hydrogen-bond acceptors (Lipinski definition) is 4. The lowest BCUT2D eigenvalue weighted by Gasteiger charge is -2.10. The molecule has 9 heteroatoms. The number of hydrogen-bond donors (Lipinski definition) is 0. The second-order valence-electron chi connectivity index (χ2n) is 3.04. The van der Waals surface area contributed by atoms with Gasteiger partial charge in [-0.05, 0) is 6.92 Å². The zero-order valence-corrected chi connectivity index (χ0v) is 9.70. The summed E-state index contributed by atoms with van der Waals surface area (Å²) in [6.45, 7) is 1.07. The summed E-state index contributed by atoms with van der Waals surface area (Å²) < 4.78 is 59.4. The molecule has 0 unspecified atom stereocenters. The predicted octanol–water partition coefficient (Wildman–Crippen LogP) is 1.86. The Hall–Kier alpha value is -0.890. The average molecular weight is 275 g/mol. The molecule has 0 aliphatic heterocycles. The van der Waals surface area contributed by atoms with Crippen molar-refractivity contribution in [1.82, 2.24) is 9.97 Å². The molecule has 0 aliphatic rings. The molecule has 0 fully saturated rings. The van der Waals surface area contributed by atoms with Crippen molar-refractivity contribution >= 4 is 21.4 Å². The maximum absolute atomic E-state index is 12.5. The van der Waals surface area contributed by atoms with Gasteiger partial charge in [0.2, 0.25) is 15.0 Å². The Bertz CT molecular complexity index is 527. The average Bonchev–Trinajstić information content (AvgIpc) is 2.05. The van der Waals surface area contributed by atoms with Crippen LogP contribution in [0.15, 0.2) is 5.16 Å². The highest BCUT2D eigenvalue weighted by Gasteiger charge is 2.37. The Morgan fingerprint density at radius 1 is 1.25 bits per heavy atom. The van der Waals surface area contributed by atoms with E-state index < -0.39 is 37.6 Å². The summed E-state index contributed by atoms with van der Waals surface area (Å²) >= 11 is 5.42. The highest BCUT2D eigenvalue weighted by molar-refractivity contribution is 7.90. The minimum Gasteiger partial charge on any atom is -0.221 e. The molecule has 1 aromatic heterocycles. The first-order valence-corrected chi connectivity index (χ1v) is 6.12. The quantitative estimate of drug-likeness (QED) is 0.579. The van der Waals surface area contributed by atoms with Crippen LogP contribution in [-0.4, -0.2) is 24.6 Å². The van der Waals surface area contributed by atoms with Crippen molar-refractivity contribution in [2.75, 3.05) is 6.26 Å². The second-order valence-corrected chi connectivity index (χ2v) is 5.31. The monoisotopic (exact) mass is 274 g/mol. The molecule has 1 aromatic rings. The Labute approximate surface area is 94.4 Å². The molecule has 0 spiro atoms. The summed E-state index contributed by atoms with van der Waals surface area (Å²) in [7, 11) is -3.93. The molecule has 0 amide bonds. The van der Waals surface area contributed by atoms with Gasteiger partial charge in [0, 0.05) is 11.8 Å². The maximum atomic E-state index is 12.5. The number of halogens is 4. The smallest absolute Gasteiger partial charge is 0.221 e. The third kappa shape index (κ3) is 2.62. The van der Waals surface area contributed by atoms with Crippen LogP contribution < -0.4 is 0 Å². The first-order chi connectivity index (χ1) is 7.03. The van der Waals surface area contributed by atoms with Crippen molar-refractivity contribution in [1.29, 1.82) is 0 Å². The van der Waals surface area contributed by atoms with Crippen LogP contribution in [0.5, 0.6) is 0 Å². The highest BCUT2D eigenvalue weighted by Crippen LogP contribution is 2.32. The molecule has 4 nitrogen and oxygen atoms in total. The number of aromatic nitrogens is 2. The molecule has 0 aliphatic carbocycles. The van der Waals surface area contributed by atoms with E-state index >= 15 is 0 Å². The van der Waals surface area contributed by atoms with Crippen LogP contribution in [0.1, 0.15) is 11.3 Å². The van der Waals surface area contributed by atoms with E-state index in [1.807, 2.05) is 0 Å². The van der Waals surface area contributed by atoms with E-state index in [0.717, 1.165) is 6.92 Å². The fraction of sp³-hybridized carbons (Fsp3) is 0.429. The van der Waals surface area contributed by atoms with E-state index in [1.165, 1.54) is 0 Å². The van der Waals surface area contributed by atoms with Gasteiger partial charge in [-0.1, -0.05) is 11.6 Å². The molecule has 0 N–H and O–H groups in total. The van der Waals surface area contributed by atoms with Crippen LogP contribution in [0.3, 0.4) is 0 Å². The van der Waals surface area contributed by atoms with Crippen LogP contribution in [0.2, 0.25) is 5.15 Å². The molecule has 16 heavy (non-hydrogen) atoms. The highest BCUT2D eigenvalue weighted by atomic mass is 35.5. The minimum absolute atomic E-state index is 0.401. The summed E-state index contributed by atoms with van der Waals surface area (Å²) in [4.78, 5) is 6.25. The van der Waals surface area contributed by atoms with E-state index in [1.54, 1.807) is 0 Å². The van der Waals surface area contributed by atoms with Crippen LogP contribution in [0.25, 0.3) is 0 Å². The van der Waals surface area contributed by atoms with Crippen LogP contribution in [0, 0.1) is 6.92 Å². The number of nitrogens with zero attached hydrogens (tertiary/aromatic N) is 2. The molecule has 0 saturated heterocycles. The zero-order valence-electron chi connectivity index (χ0n) is 8.13. The molecular formula is C7H6ClF3N2O2S. The van der Waals surface area contributed by atoms with Gasteiger partial charge < -0.3 is 0 Å². The molecule has 0 saturated carbocycles. The summed E-state index contributed by atoms with van der Waals surface area (Å²) in [6, 6.07) is 0. The predicted molar refractivity (Wildman–Crippen MR) is 49.9 cm³/mol. The Morgan fingerprint density at radius 2 is 1.75 bits per heavy atom. The molecular weight excluding hydrogens is 269 g/mol. The molecule has 1 rings (SSSR count). The van der Waals surface area contributed by atoms with Crippen molar-refractivity contribution in [3.8, 4) is 0 Å². The third-order valence-electron chi connectivity index (χ3n) is 1.67. The van der Waals surface area contributed by atoms with Crippen molar-refractivity contribution in [2.45, 2.75) is 18.3 Å². The number of rotatable bonds is 1. The van der Waals surface area contributed by atoms with E-state index in [0.29, 0.717) is 6.26 Å². The summed E-state index contributed by atoms with van der Waals surface area (Å²) in [5.41, 5.74) is -1.74. The van der Waals surface area contributed by atoms with Gasteiger partial charge in [-0.3, -0.25) is 0 Å². The van der Waals surface area contributed by atoms with Gasteiger partial charge in [0.05, 0.1) is 0 Å². The number of alkyl halides is 3. The fourth-order valence-electron chi connectivity index (χ4n) is 0.912. The standard InChI is InChI=1S/C7H6ClF3N2O2S/c1-3-4(7(9,10)11)12-6(13-5(3)8)16(2,14)15/h1-2H3. The summed E-state index contributed by atoms with van der Waals surface area (Å²) in [6.07, 6.45) is -4.07. The van der Waals surface area contributed by atoms with Crippen LogP contribution in [0.4, 0.5) is 13.2 Å². The first kappa shape index (κ1) is 13.2. The van der Waals surface area contributed by atoms with Crippen molar-refractivity contribution in [3.63, 3.8) is 0 Å². The fourth-order valence-corrected chi connectivity index (χ4v) is 1.65. The lowest BCUT2D eigenvalue weighted by atomic mass is 10.2. The van der Waals surface area contributed by atoms with E-state index in [2.05, 4.69) is 9.97 Å². The van der Waals surface area contributed by atoms with Crippen LogP contribution in [-0.2, 0) is 16.0 Å². The third-order valence-corrected chi connectivity index (χ3v) is 2.88. The van der Waals surface area contributed by atoms with Crippen LogP contribution >= 0.6 is 11.6 Å². The second kappa shape index (κ2) is 3.85. The Kier molecular flexibility index (Phi) is 3.17. The first-order valence-electron chi connectivity index (χ1n) is 3.85. The maximum Gasteiger partial charge on any atom is 0.433 e. The molecule has 1 heterocycles. The van der Waals surface area contributed by atoms with Gasteiger partial charge in [0.1, 0.15) is 5.15 Å². The van der Waals surface area contributed by atoms with Gasteiger partial charge in [-0.15, -0.1) is 0 Å². The molecule has 0 bridgehead atoms. The lowest BCUT2D eigenvalue weighted by molar-refractivity contribution is -0.142. The van der Waals surface area contributed by atoms with Crippen molar-refractivity contribution in [2.24, 2.45) is 0 Å². The van der Waals surface area contributed by atoms with E-state index in [-0.39, 0.29) is 0 Å². The summed E-state index contributed by atoms with van der Waals surface area (Å²) in [5, 5.41) is -1.46. The number of sulfone groups is 1. The van der Waals surface area contributed by atoms with Crippen molar-refractivity contribution < 1.29 is 21.6 Å². The van der Waals surface area contributed by atoms with Gasteiger partial charge in [-0.25, -0.2) is 18.4 Å². The SMILES string of the molecule is Cc1c(Cl)nc(S(C)(=O)=O)nc1C(F)(F)F. The van der Waals surface area contributed by atoms with Gasteiger partial charge in [0.25, 0.3) is 0 Å². The molecule has 0 radical (unpaired) electrons. The molecule has 0 atom stereocenters. The zero-order chi connectivity index (χ0) is 12.7. The van der Waals surface area contributed by atoms with E-state index in [9.17, 15) is 21.6 Å². The Balaban J connectivity index is 3.59. The van der Waals surface area contributed by atoms with Gasteiger partial charge in [-0.2, -0.15) is 13.2 Å². The lowest BCUT2D eigenvalue weighted by Crippen LogP contribution is -2.16. The molecule has 90 valence electrons. The minimum atomic E-state index is -4.77. The largest absolute Gasteiger partial charge is 0.433 e. The summed E-state index contributed by atoms with van der Waals surface area (Å²) in [5.74, 6) is 0. The van der Waals surface area contributed by atoms with E-state index in [4.69, 9.17) is 11.6 Å².